The minimum Gasteiger partial charge on any atom is -0.465 e. The van der Waals surface area contributed by atoms with Crippen molar-refractivity contribution in [1.82, 2.24) is 5.32 Å². The van der Waals surface area contributed by atoms with Gasteiger partial charge in [-0.1, -0.05) is 24.3 Å². The van der Waals surface area contributed by atoms with Gasteiger partial charge < -0.3 is 15.0 Å². The molecule has 0 unspecified atom stereocenters. The van der Waals surface area contributed by atoms with Gasteiger partial charge in [0.05, 0.1) is 23.9 Å². The summed E-state index contributed by atoms with van der Waals surface area (Å²) in [5.41, 5.74) is 2.93. The third-order valence-electron chi connectivity index (χ3n) is 3.83. The number of benzene rings is 2. The fraction of sp³-hybridized carbons (Fsp3) is 0.176. The Morgan fingerprint density at radius 1 is 1.14 bits per heavy atom. The number of esters is 1. The van der Waals surface area contributed by atoms with E-state index in [1.807, 2.05) is 42.3 Å². The number of carbonyl (C=O) groups excluding carboxylic acids is 2. The molecule has 3 rings (SSSR count). The Hall–Kier alpha value is -2.82. The van der Waals surface area contributed by atoms with Crippen molar-refractivity contribution >= 4 is 17.6 Å². The summed E-state index contributed by atoms with van der Waals surface area (Å²) in [6, 6.07) is 14.5. The van der Waals surface area contributed by atoms with Crippen molar-refractivity contribution in [1.29, 1.82) is 0 Å². The van der Waals surface area contributed by atoms with Crippen LogP contribution in [-0.2, 0) is 4.74 Å². The summed E-state index contributed by atoms with van der Waals surface area (Å²) in [6.07, 6.45) is -0.269. The third-order valence-corrected chi connectivity index (χ3v) is 3.83. The van der Waals surface area contributed by atoms with Crippen LogP contribution in [0.4, 0.5) is 5.69 Å². The van der Waals surface area contributed by atoms with E-state index in [-0.39, 0.29) is 18.0 Å². The quantitative estimate of drug-likeness (QED) is 0.864. The number of ether oxygens (including phenoxy) is 1. The highest BCUT2D eigenvalue weighted by Gasteiger charge is 2.29. The zero-order valence-electron chi connectivity index (χ0n) is 12.4. The first-order valence-corrected chi connectivity index (χ1v) is 6.93. The highest BCUT2D eigenvalue weighted by Crippen LogP contribution is 2.31. The number of hydrogen-bond acceptors (Lipinski definition) is 4. The van der Waals surface area contributed by atoms with Gasteiger partial charge >= 0.3 is 5.97 Å². The van der Waals surface area contributed by atoms with Crippen molar-refractivity contribution < 1.29 is 14.3 Å². The molecule has 1 atom stereocenters. The van der Waals surface area contributed by atoms with Gasteiger partial charge in [-0.3, -0.25) is 4.79 Å². The molecule has 0 bridgehead atoms. The van der Waals surface area contributed by atoms with Crippen molar-refractivity contribution in [2.45, 2.75) is 6.17 Å². The second-order valence-electron chi connectivity index (χ2n) is 5.12. The Balaban J connectivity index is 1.93. The predicted octanol–water partition coefficient (Wildman–Crippen LogP) is 2.35. The molecule has 22 heavy (non-hydrogen) atoms. The molecule has 1 heterocycles. The molecule has 1 aliphatic rings. The topological polar surface area (TPSA) is 58.6 Å². The van der Waals surface area contributed by atoms with Crippen LogP contribution in [0.1, 0.15) is 32.4 Å². The zero-order chi connectivity index (χ0) is 15.7. The average molecular weight is 296 g/mol. The van der Waals surface area contributed by atoms with Gasteiger partial charge in [0.2, 0.25) is 0 Å². The van der Waals surface area contributed by atoms with Crippen LogP contribution in [0.3, 0.4) is 0 Å². The van der Waals surface area contributed by atoms with E-state index in [1.54, 1.807) is 18.2 Å². The molecule has 0 radical (unpaired) electrons. The van der Waals surface area contributed by atoms with Crippen molar-refractivity contribution in [2.75, 3.05) is 19.1 Å². The normalized spacial score (nSPS) is 16.7. The van der Waals surface area contributed by atoms with E-state index < -0.39 is 0 Å². The van der Waals surface area contributed by atoms with Crippen LogP contribution in [0.25, 0.3) is 0 Å². The van der Waals surface area contributed by atoms with Crippen LogP contribution >= 0.6 is 0 Å². The highest BCUT2D eigenvalue weighted by molar-refractivity contribution is 6.02. The molecule has 2 aromatic carbocycles. The lowest BCUT2D eigenvalue weighted by Gasteiger charge is -2.36. The molecule has 1 amide bonds. The Kier molecular flexibility index (Phi) is 3.55. The Labute approximate surface area is 128 Å². The molecule has 0 fully saturated rings. The first kappa shape index (κ1) is 14.1. The molecule has 112 valence electrons. The monoisotopic (exact) mass is 296 g/mol. The summed E-state index contributed by atoms with van der Waals surface area (Å²) in [4.78, 5) is 25.7. The number of methoxy groups -OCH3 is 1. The molecular formula is C17H16N2O3. The lowest BCUT2D eigenvalue weighted by atomic mass is 10.0. The smallest absolute Gasteiger partial charge is 0.337 e. The van der Waals surface area contributed by atoms with Gasteiger partial charge in [0, 0.05) is 7.05 Å². The molecule has 1 N–H and O–H groups in total. The molecule has 0 saturated carbocycles. The maximum absolute atomic E-state index is 12.2. The van der Waals surface area contributed by atoms with Gasteiger partial charge in [-0.2, -0.15) is 0 Å². The molecule has 2 aromatic rings. The summed E-state index contributed by atoms with van der Waals surface area (Å²) >= 11 is 0. The maximum Gasteiger partial charge on any atom is 0.337 e. The first-order valence-electron chi connectivity index (χ1n) is 6.93. The lowest BCUT2D eigenvalue weighted by Crippen LogP contribution is -2.44. The summed E-state index contributed by atoms with van der Waals surface area (Å²) < 4.78 is 4.69. The van der Waals surface area contributed by atoms with E-state index >= 15 is 0 Å². The largest absolute Gasteiger partial charge is 0.465 e. The molecule has 1 aliphatic heterocycles. The van der Waals surface area contributed by atoms with Crippen molar-refractivity contribution in [2.24, 2.45) is 0 Å². The molecule has 5 nitrogen and oxygen atoms in total. The number of carbonyl (C=O) groups is 2. The predicted molar refractivity (Wildman–Crippen MR) is 82.8 cm³/mol. The van der Waals surface area contributed by atoms with Gasteiger partial charge in [0.1, 0.15) is 6.17 Å². The van der Waals surface area contributed by atoms with Crippen molar-refractivity contribution in [3.63, 3.8) is 0 Å². The number of fused-ring (bicyclic) bond motifs is 1. The molecule has 0 aliphatic carbocycles. The first-order chi connectivity index (χ1) is 10.6. The van der Waals surface area contributed by atoms with Gasteiger partial charge in [-0.25, -0.2) is 4.79 Å². The van der Waals surface area contributed by atoms with Gasteiger partial charge in [-0.05, 0) is 29.8 Å². The van der Waals surface area contributed by atoms with Crippen molar-refractivity contribution in [3.8, 4) is 0 Å². The van der Waals surface area contributed by atoms with Gasteiger partial charge in [0.15, 0.2) is 0 Å². The summed E-state index contributed by atoms with van der Waals surface area (Å²) in [5, 5.41) is 2.97. The number of hydrogen-bond donors (Lipinski definition) is 1. The van der Waals surface area contributed by atoms with Crippen LogP contribution in [-0.4, -0.2) is 26.0 Å². The van der Waals surface area contributed by atoms with Crippen LogP contribution in [0.15, 0.2) is 48.5 Å². The van der Waals surface area contributed by atoms with E-state index in [0.29, 0.717) is 11.1 Å². The minimum atomic E-state index is -0.377. The van der Waals surface area contributed by atoms with E-state index in [9.17, 15) is 9.59 Å². The summed E-state index contributed by atoms with van der Waals surface area (Å²) in [7, 11) is 3.28. The standard InChI is InChI=1S/C17H16N2O3/c1-19-14-6-4-3-5-13(14)16(20)18-15(19)11-7-9-12(10-8-11)17(21)22-2/h3-10,15H,1-2H3,(H,18,20)/t15-/m1/s1. The van der Waals surface area contributed by atoms with Crippen LogP contribution in [0, 0.1) is 0 Å². The van der Waals surface area contributed by atoms with Gasteiger partial charge in [-0.15, -0.1) is 0 Å². The van der Waals surface area contributed by atoms with E-state index in [4.69, 9.17) is 0 Å². The second-order valence-corrected chi connectivity index (χ2v) is 5.12. The van der Waals surface area contributed by atoms with Crippen molar-refractivity contribution in [3.05, 3.63) is 65.2 Å². The second kappa shape index (κ2) is 5.52. The molecule has 0 saturated heterocycles. The molecule has 5 heteroatoms. The average Bonchev–Trinajstić information content (AvgIpc) is 2.57. The van der Waals surface area contributed by atoms with Crippen LogP contribution in [0.2, 0.25) is 0 Å². The lowest BCUT2D eigenvalue weighted by molar-refractivity contribution is 0.0600. The Morgan fingerprint density at radius 3 is 2.50 bits per heavy atom. The van der Waals surface area contributed by atoms with Crippen LogP contribution in [0.5, 0.6) is 0 Å². The van der Waals surface area contributed by atoms with Gasteiger partial charge in [0.25, 0.3) is 5.91 Å². The minimum absolute atomic E-state index is 0.101. The number of nitrogens with one attached hydrogen (secondary N) is 1. The number of amides is 1. The molecular weight excluding hydrogens is 280 g/mol. The maximum atomic E-state index is 12.2. The van der Waals surface area contributed by atoms with E-state index in [2.05, 4.69) is 10.1 Å². The van der Waals surface area contributed by atoms with E-state index in [0.717, 1.165) is 11.3 Å². The SMILES string of the molecule is COC(=O)c1ccc([C@@H]2NC(=O)c3ccccc3N2C)cc1. The highest BCUT2D eigenvalue weighted by atomic mass is 16.5. The number of para-hydroxylation sites is 1. The zero-order valence-corrected chi connectivity index (χ0v) is 12.4. The Bertz CT molecular complexity index is 725. The third kappa shape index (κ3) is 2.30. The fourth-order valence-corrected chi connectivity index (χ4v) is 2.64. The van der Waals surface area contributed by atoms with Crippen LogP contribution < -0.4 is 10.2 Å². The number of rotatable bonds is 2. The molecule has 0 aromatic heterocycles. The number of anilines is 1. The summed E-state index contributed by atoms with van der Waals surface area (Å²) in [6.45, 7) is 0. The van der Waals surface area contributed by atoms with E-state index in [1.165, 1.54) is 7.11 Å². The summed E-state index contributed by atoms with van der Waals surface area (Å²) in [5.74, 6) is -0.478. The number of nitrogens with zero attached hydrogens (tertiary/aromatic N) is 1. The fourth-order valence-electron chi connectivity index (χ4n) is 2.64. The molecule has 0 spiro atoms. The Morgan fingerprint density at radius 2 is 1.82 bits per heavy atom.